The molecule has 1 aliphatic heterocycles. The Morgan fingerprint density at radius 2 is 2.10 bits per heavy atom. The summed E-state index contributed by atoms with van der Waals surface area (Å²) in [7, 11) is -3.40. The summed E-state index contributed by atoms with van der Waals surface area (Å²) in [6.45, 7) is 3.33. The number of pyridine rings is 1. The van der Waals surface area contributed by atoms with Crippen molar-refractivity contribution in [2.24, 2.45) is 0 Å². The molecule has 21 heavy (non-hydrogen) atoms. The maximum Gasteiger partial charge on any atom is 0.244 e. The van der Waals surface area contributed by atoms with Crippen LogP contribution >= 0.6 is 0 Å². The van der Waals surface area contributed by atoms with Gasteiger partial charge in [0, 0.05) is 31.9 Å². The monoisotopic (exact) mass is 313 g/mol. The van der Waals surface area contributed by atoms with Gasteiger partial charge < -0.3 is 10.4 Å². The molecule has 0 aromatic carbocycles. The van der Waals surface area contributed by atoms with Crippen LogP contribution in [-0.4, -0.2) is 48.6 Å². The number of aliphatic hydroxyl groups excluding tert-OH is 1. The standard InChI is InChI=1S/C14H23N3O3S/c1-2-12(7-10-18)16-14-6-5-13(11-15-14)21(19,20)17-8-3-4-9-17/h5-6,11-12,18H,2-4,7-10H2,1H3,(H,15,16). The van der Waals surface area contributed by atoms with E-state index >= 15 is 0 Å². The van der Waals surface area contributed by atoms with Crippen molar-refractivity contribution in [1.82, 2.24) is 9.29 Å². The fourth-order valence-corrected chi connectivity index (χ4v) is 3.90. The molecule has 118 valence electrons. The molecule has 0 amide bonds. The van der Waals surface area contributed by atoms with Gasteiger partial charge in [0.25, 0.3) is 0 Å². The van der Waals surface area contributed by atoms with Crippen LogP contribution in [0.15, 0.2) is 23.2 Å². The van der Waals surface area contributed by atoms with Crippen LogP contribution in [0.1, 0.15) is 32.6 Å². The quantitative estimate of drug-likeness (QED) is 0.796. The lowest BCUT2D eigenvalue weighted by Gasteiger charge is -2.18. The molecule has 1 aliphatic rings. The van der Waals surface area contributed by atoms with E-state index in [1.165, 1.54) is 10.5 Å². The number of anilines is 1. The minimum Gasteiger partial charge on any atom is -0.396 e. The topological polar surface area (TPSA) is 82.5 Å². The maximum atomic E-state index is 12.4. The van der Waals surface area contributed by atoms with Gasteiger partial charge in [-0.25, -0.2) is 13.4 Å². The molecule has 7 heteroatoms. The normalized spacial score (nSPS) is 17.8. The summed E-state index contributed by atoms with van der Waals surface area (Å²) in [5.41, 5.74) is 0. The molecule has 6 nitrogen and oxygen atoms in total. The van der Waals surface area contributed by atoms with Gasteiger partial charge in [-0.05, 0) is 37.8 Å². The molecule has 0 aliphatic carbocycles. The van der Waals surface area contributed by atoms with Crippen LogP contribution < -0.4 is 5.32 Å². The number of sulfonamides is 1. The molecule has 2 rings (SSSR count). The fraction of sp³-hybridized carbons (Fsp3) is 0.643. The second-order valence-electron chi connectivity index (χ2n) is 5.25. The van der Waals surface area contributed by atoms with E-state index in [1.807, 2.05) is 6.92 Å². The van der Waals surface area contributed by atoms with E-state index in [-0.39, 0.29) is 17.5 Å². The zero-order valence-electron chi connectivity index (χ0n) is 12.3. The number of hydrogen-bond acceptors (Lipinski definition) is 5. The van der Waals surface area contributed by atoms with Crippen molar-refractivity contribution in [3.63, 3.8) is 0 Å². The molecule has 1 aromatic rings. The van der Waals surface area contributed by atoms with Gasteiger partial charge in [0.15, 0.2) is 0 Å². The average molecular weight is 313 g/mol. The van der Waals surface area contributed by atoms with Gasteiger partial charge in [0.1, 0.15) is 10.7 Å². The molecule has 2 N–H and O–H groups in total. The van der Waals surface area contributed by atoms with Crippen molar-refractivity contribution < 1.29 is 13.5 Å². The first-order valence-corrected chi connectivity index (χ1v) is 8.85. The summed E-state index contributed by atoms with van der Waals surface area (Å²) < 4.78 is 26.2. The molecule has 0 radical (unpaired) electrons. The van der Waals surface area contributed by atoms with Crippen molar-refractivity contribution >= 4 is 15.8 Å². The summed E-state index contributed by atoms with van der Waals surface area (Å²) in [6, 6.07) is 3.42. The Labute approximate surface area is 126 Å². The zero-order chi connectivity index (χ0) is 15.3. The van der Waals surface area contributed by atoms with Gasteiger partial charge >= 0.3 is 0 Å². The number of rotatable bonds is 7. The third-order valence-corrected chi connectivity index (χ3v) is 5.64. The van der Waals surface area contributed by atoms with Crippen molar-refractivity contribution in [1.29, 1.82) is 0 Å². The van der Waals surface area contributed by atoms with Crippen LogP contribution in [-0.2, 0) is 10.0 Å². The smallest absolute Gasteiger partial charge is 0.244 e. The molecule has 1 unspecified atom stereocenters. The molecular weight excluding hydrogens is 290 g/mol. The first-order chi connectivity index (χ1) is 10.1. The van der Waals surface area contributed by atoms with Crippen molar-refractivity contribution in [3.05, 3.63) is 18.3 Å². The minimum atomic E-state index is -3.40. The van der Waals surface area contributed by atoms with Gasteiger partial charge in [-0.1, -0.05) is 6.92 Å². The molecular formula is C14H23N3O3S. The molecule has 2 heterocycles. The Morgan fingerprint density at radius 1 is 1.38 bits per heavy atom. The Bertz CT molecular complexity index is 539. The molecule has 0 spiro atoms. The highest BCUT2D eigenvalue weighted by Gasteiger charge is 2.27. The highest BCUT2D eigenvalue weighted by atomic mass is 32.2. The molecule has 1 fully saturated rings. The van der Waals surface area contributed by atoms with Crippen LogP contribution in [0.4, 0.5) is 5.82 Å². The average Bonchev–Trinajstić information content (AvgIpc) is 3.02. The number of hydrogen-bond donors (Lipinski definition) is 2. The predicted octanol–water partition coefficient (Wildman–Crippen LogP) is 1.44. The Balaban J connectivity index is 2.07. The lowest BCUT2D eigenvalue weighted by atomic mass is 10.1. The van der Waals surface area contributed by atoms with Gasteiger partial charge in [-0.3, -0.25) is 0 Å². The fourth-order valence-electron chi connectivity index (χ4n) is 2.44. The Hall–Kier alpha value is -1.18. The van der Waals surface area contributed by atoms with Crippen molar-refractivity contribution in [2.75, 3.05) is 25.0 Å². The van der Waals surface area contributed by atoms with Gasteiger partial charge in [0.2, 0.25) is 10.0 Å². The second kappa shape index (κ2) is 7.20. The highest BCUT2D eigenvalue weighted by molar-refractivity contribution is 7.89. The lowest BCUT2D eigenvalue weighted by molar-refractivity contribution is 0.278. The number of nitrogens with one attached hydrogen (secondary N) is 1. The summed E-state index contributed by atoms with van der Waals surface area (Å²) in [6.07, 6.45) is 4.76. The van der Waals surface area contributed by atoms with Gasteiger partial charge in [-0.15, -0.1) is 0 Å². The minimum absolute atomic E-state index is 0.118. The van der Waals surface area contributed by atoms with Crippen LogP contribution in [0, 0.1) is 0 Å². The van der Waals surface area contributed by atoms with Crippen LogP contribution in [0.3, 0.4) is 0 Å². The van der Waals surface area contributed by atoms with Crippen molar-refractivity contribution in [2.45, 2.75) is 43.5 Å². The first-order valence-electron chi connectivity index (χ1n) is 7.41. The number of aromatic nitrogens is 1. The Morgan fingerprint density at radius 3 is 2.62 bits per heavy atom. The highest BCUT2D eigenvalue weighted by Crippen LogP contribution is 2.21. The van der Waals surface area contributed by atoms with E-state index in [4.69, 9.17) is 5.11 Å². The summed E-state index contributed by atoms with van der Waals surface area (Å²) in [5, 5.41) is 12.2. The number of nitrogens with zero attached hydrogens (tertiary/aromatic N) is 2. The van der Waals surface area contributed by atoms with Crippen LogP contribution in [0.5, 0.6) is 0 Å². The third-order valence-electron chi connectivity index (χ3n) is 3.76. The lowest BCUT2D eigenvalue weighted by Crippen LogP contribution is -2.28. The van der Waals surface area contributed by atoms with E-state index in [9.17, 15) is 8.42 Å². The third kappa shape index (κ3) is 3.93. The van der Waals surface area contributed by atoms with Crippen LogP contribution in [0.25, 0.3) is 0 Å². The van der Waals surface area contributed by atoms with E-state index < -0.39 is 10.0 Å². The molecule has 1 saturated heterocycles. The van der Waals surface area contributed by atoms with Gasteiger partial charge in [0.05, 0.1) is 0 Å². The van der Waals surface area contributed by atoms with E-state index in [0.29, 0.717) is 25.3 Å². The maximum absolute atomic E-state index is 12.4. The van der Waals surface area contributed by atoms with Gasteiger partial charge in [-0.2, -0.15) is 4.31 Å². The molecule has 0 bridgehead atoms. The first kappa shape index (κ1) is 16.2. The predicted molar refractivity (Wildman–Crippen MR) is 81.6 cm³/mol. The summed E-state index contributed by atoms with van der Waals surface area (Å²) in [5.74, 6) is 0.635. The largest absolute Gasteiger partial charge is 0.396 e. The number of aliphatic hydroxyl groups is 1. The molecule has 0 saturated carbocycles. The SMILES string of the molecule is CCC(CCO)Nc1ccc(S(=O)(=O)N2CCCC2)cn1. The molecule has 1 aromatic heterocycles. The summed E-state index contributed by atoms with van der Waals surface area (Å²) in [4.78, 5) is 4.43. The van der Waals surface area contributed by atoms with Crippen LogP contribution in [0.2, 0.25) is 0 Å². The van der Waals surface area contributed by atoms with E-state index in [1.54, 1.807) is 12.1 Å². The Kier molecular flexibility index (Phi) is 5.55. The van der Waals surface area contributed by atoms with E-state index in [0.717, 1.165) is 19.3 Å². The summed E-state index contributed by atoms with van der Waals surface area (Å²) >= 11 is 0. The molecule has 1 atom stereocenters. The zero-order valence-corrected chi connectivity index (χ0v) is 13.1. The second-order valence-corrected chi connectivity index (χ2v) is 7.19. The van der Waals surface area contributed by atoms with Crippen molar-refractivity contribution in [3.8, 4) is 0 Å². The van der Waals surface area contributed by atoms with E-state index in [2.05, 4.69) is 10.3 Å².